The van der Waals surface area contributed by atoms with Gasteiger partial charge in [-0.05, 0) is 32.0 Å². The van der Waals surface area contributed by atoms with Crippen LogP contribution in [0.4, 0.5) is 0 Å². The number of nitrogens with one attached hydrogen (secondary N) is 1. The molecule has 0 saturated carbocycles. The molecule has 18 heavy (non-hydrogen) atoms. The van der Waals surface area contributed by atoms with Crippen LogP contribution in [-0.2, 0) is 6.54 Å². The van der Waals surface area contributed by atoms with Crippen LogP contribution < -0.4 is 5.32 Å². The Labute approximate surface area is 107 Å². The standard InChI is InChI=1S/C13H19N5/c1-3-7-14-12(13-15-8-5-9-16-13)11-6-10-17-18(11)4-2/h5-6,8-10,12,14H,3-4,7H2,1-2H3. The summed E-state index contributed by atoms with van der Waals surface area (Å²) < 4.78 is 1.98. The molecular weight excluding hydrogens is 226 g/mol. The fourth-order valence-corrected chi connectivity index (χ4v) is 1.93. The highest BCUT2D eigenvalue weighted by Crippen LogP contribution is 2.18. The summed E-state index contributed by atoms with van der Waals surface area (Å²) in [4.78, 5) is 8.70. The molecule has 0 aliphatic rings. The van der Waals surface area contributed by atoms with E-state index in [1.54, 1.807) is 12.4 Å². The van der Waals surface area contributed by atoms with Crippen molar-refractivity contribution >= 4 is 0 Å². The van der Waals surface area contributed by atoms with Gasteiger partial charge in [-0.25, -0.2) is 9.97 Å². The minimum Gasteiger partial charge on any atom is -0.302 e. The predicted molar refractivity (Wildman–Crippen MR) is 70.1 cm³/mol. The van der Waals surface area contributed by atoms with Gasteiger partial charge in [0, 0.05) is 25.1 Å². The van der Waals surface area contributed by atoms with Crippen LogP contribution in [0.15, 0.2) is 30.7 Å². The van der Waals surface area contributed by atoms with Crippen molar-refractivity contribution in [3.05, 3.63) is 42.2 Å². The fourth-order valence-electron chi connectivity index (χ4n) is 1.93. The summed E-state index contributed by atoms with van der Waals surface area (Å²) in [6.45, 7) is 6.00. The minimum atomic E-state index is 0.00796. The average Bonchev–Trinajstić information content (AvgIpc) is 2.89. The van der Waals surface area contributed by atoms with E-state index in [9.17, 15) is 0 Å². The van der Waals surface area contributed by atoms with Crippen LogP contribution in [0.25, 0.3) is 0 Å². The Bertz CT molecular complexity index is 465. The summed E-state index contributed by atoms with van der Waals surface area (Å²) in [7, 11) is 0. The molecular formula is C13H19N5. The average molecular weight is 245 g/mol. The molecule has 1 unspecified atom stereocenters. The third-order valence-electron chi connectivity index (χ3n) is 2.79. The van der Waals surface area contributed by atoms with E-state index in [1.165, 1.54) is 0 Å². The zero-order chi connectivity index (χ0) is 12.8. The highest BCUT2D eigenvalue weighted by Gasteiger charge is 2.19. The van der Waals surface area contributed by atoms with Crippen LogP contribution >= 0.6 is 0 Å². The van der Waals surface area contributed by atoms with Crippen LogP contribution in [0.3, 0.4) is 0 Å². The lowest BCUT2D eigenvalue weighted by Gasteiger charge is -2.18. The molecule has 0 fully saturated rings. The fraction of sp³-hybridized carbons (Fsp3) is 0.462. The van der Waals surface area contributed by atoms with E-state index >= 15 is 0 Å². The lowest BCUT2D eigenvalue weighted by atomic mass is 10.2. The second-order valence-electron chi connectivity index (χ2n) is 4.07. The quantitative estimate of drug-likeness (QED) is 0.843. The van der Waals surface area contributed by atoms with Gasteiger partial charge in [0.25, 0.3) is 0 Å². The first kappa shape index (κ1) is 12.7. The van der Waals surface area contributed by atoms with Gasteiger partial charge in [0.1, 0.15) is 6.04 Å². The molecule has 2 aromatic rings. The number of rotatable bonds is 6. The maximum atomic E-state index is 4.35. The van der Waals surface area contributed by atoms with Gasteiger partial charge in [-0.15, -0.1) is 0 Å². The van der Waals surface area contributed by atoms with Gasteiger partial charge in [0.2, 0.25) is 0 Å². The van der Waals surface area contributed by atoms with Gasteiger partial charge in [-0.3, -0.25) is 4.68 Å². The molecule has 0 aliphatic carbocycles. The van der Waals surface area contributed by atoms with Crippen LogP contribution in [0, 0.1) is 0 Å². The summed E-state index contributed by atoms with van der Waals surface area (Å²) in [5.41, 5.74) is 1.11. The van der Waals surface area contributed by atoms with E-state index in [2.05, 4.69) is 34.2 Å². The van der Waals surface area contributed by atoms with Gasteiger partial charge >= 0.3 is 0 Å². The van der Waals surface area contributed by atoms with Gasteiger partial charge in [-0.1, -0.05) is 6.92 Å². The maximum Gasteiger partial charge on any atom is 0.151 e. The monoisotopic (exact) mass is 245 g/mol. The molecule has 2 aromatic heterocycles. The lowest BCUT2D eigenvalue weighted by molar-refractivity contribution is 0.512. The largest absolute Gasteiger partial charge is 0.302 e. The first-order valence-electron chi connectivity index (χ1n) is 6.38. The molecule has 0 radical (unpaired) electrons. The van der Waals surface area contributed by atoms with Crippen LogP contribution in [-0.4, -0.2) is 26.3 Å². The van der Waals surface area contributed by atoms with E-state index in [0.717, 1.165) is 31.0 Å². The number of hydrogen-bond donors (Lipinski definition) is 1. The highest BCUT2D eigenvalue weighted by molar-refractivity contribution is 5.16. The van der Waals surface area contributed by atoms with Gasteiger partial charge in [0.15, 0.2) is 5.82 Å². The summed E-state index contributed by atoms with van der Waals surface area (Å²) in [6, 6.07) is 3.86. The van der Waals surface area contributed by atoms with E-state index < -0.39 is 0 Å². The number of aryl methyl sites for hydroxylation is 1. The molecule has 5 heteroatoms. The first-order valence-corrected chi connectivity index (χ1v) is 6.38. The third-order valence-corrected chi connectivity index (χ3v) is 2.79. The Morgan fingerprint density at radius 2 is 2.00 bits per heavy atom. The smallest absolute Gasteiger partial charge is 0.151 e. The predicted octanol–water partition coefficient (Wildman–Crippen LogP) is 1.78. The summed E-state index contributed by atoms with van der Waals surface area (Å²) in [6.07, 6.45) is 6.44. The Morgan fingerprint density at radius 3 is 2.67 bits per heavy atom. The van der Waals surface area contributed by atoms with E-state index in [0.29, 0.717) is 0 Å². The molecule has 0 amide bonds. The summed E-state index contributed by atoms with van der Waals surface area (Å²) in [5.74, 6) is 0.793. The molecule has 0 aliphatic heterocycles. The van der Waals surface area contributed by atoms with Crippen LogP contribution in [0.2, 0.25) is 0 Å². The van der Waals surface area contributed by atoms with Gasteiger partial charge in [0.05, 0.1) is 5.69 Å². The highest BCUT2D eigenvalue weighted by atomic mass is 15.3. The van der Waals surface area contributed by atoms with E-state index in [1.807, 2.05) is 23.0 Å². The zero-order valence-electron chi connectivity index (χ0n) is 10.9. The maximum absolute atomic E-state index is 4.35. The summed E-state index contributed by atoms with van der Waals surface area (Å²) >= 11 is 0. The lowest BCUT2D eigenvalue weighted by Crippen LogP contribution is -2.27. The Kier molecular flexibility index (Phi) is 4.41. The Hall–Kier alpha value is -1.75. The molecule has 1 N–H and O–H groups in total. The van der Waals surface area contributed by atoms with Crippen molar-refractivity contribution in [2.75, 3.05) is 6.54 Å². The van der Waals surface area contributed by atoms with Crippen molar-refractivity contribution in [1.82, 2.24) is 25.1 Å². The number of hydrogen-bond acceptors (Lipinski definition) is 4. The van der Waals surface area contributed by atoms with Crippen LogP contribution in [0.5, 0.6) is 0 Å². The second-order valence-corrected chi connectivity index (χ2v) is 4.07. The number of nitrogens with zero attached hydrogens (tertiary/aromatic N) is 4. The Morgan fingerprint density at radius 1 is 1.22 bits per heavy atom. The Balaban J connectivity index is 2.31. The third kappa shape index (κ3) is 2.73. The van der Waals surface area contributed by atoms with Crippen molar-refractivity contribution in [2.45, 2.75) is 32.9 Å². The van der Waals surface area contributed by atoms with Crippen molar-refractivity contribution in [3.8, 4) is 0 Å². The number of aromatic nitrogens is 4. The topological polar surface area (TPSA) is 55.6 Å². The van der Waals surface area contributed by atoms with Crippen molar-refractivity contribution in [3.63, 3.8) is 0 Å². The molecule has 0 saturated heterocycles. The van der Waals surface area contributed by atoms with Crippen LogP contribution in [0.1, 0.15) is 37.8 Å². The van der Waals surface area contributed by atoms with Crippen molar-refractivity contribution in [2.24, 2.45) is 0 Å². The van der Waals surface area contributed by atoms with E-state index in [-0.39, 0.29) is 6.04 Å². The zero-order valence-corrected chi connectivity index (χ0v) is 10.9. The van der Waals surface area contributed by atoms with Gasteiger partial charge in [-0.2, -0.15) is 5.10 Å². The van der Waals surface area contributed by atoms with Crippen molar-refractivity contribution in [1.29, 1.82) is 0 Å². The molecule has 0 aromatic carbocycles. The first-order chi connectivity index (χ1) is 8.86. The second kappa shape index (κ2) is 6.26. The SMILES string of the molecule is CCCNC(c1ncccn1)c1ccnn1CC. The normalized spacial score (nSPS) is 12.6. The molecule has 2 heterocycles. The van der Waals surface area contributed by atoms with E-state index in [4.69, 9.17) is 0 Å². The molecule has 2 rings (SSSR count). The molecule has 0 spiro atoms. The summed E-state index contributed by atoms with van der Waals surface area (Å²) in [5, 5.41) is 7.79. The molecule has 1 atom stereocenters. The minimum absolute atomic E-state index is 0.00796. The molecule has 96 valence electrons. The van der Waals surface area contributed by atoms with Crippen molar-refractivity contribution < 1.29 is 0 Å². The molecule has 5 nitrogen and oxygen atoms in total. The van der Waals surface area contributed by atoms with Gasteiger partial charge < -0.3 is 5.32 Å². The molecule has 0 bridgehead atoms.